The first-order chi connectivity index (χ1) is 9.88. The van der Waals surface area contributed by atoms with E-state index in [0.717, 1.165) is 18.2 Å². The summed E-state index contributed by atoms with van der Waals surface area (Å²) in [6.45, 7) is -0.189. The lowest BCUT2D eigenvalue weighted by molar-refractivity contribution is 0.0950. The summed E-state index contributed by atoms with van der Waals surface area (Å²) < 4.78 is 26.5. The van der Waals surface area contributed by atoms with Gasteiger partial charge in [-0.3, -0.25) is 4.79 Å². The van der Waals surface area contributed by atoms with Crippen molar-refractivity contribution < 1.29 is 13.6 Å². The molecule has 0 aromatic heterocycles. The first kappa shape index (κ1) is 15.5. The Labute approximate surface area is 129 Å². The highest BCUT2D eigenvalue weighted by atomic mass is 35.5. The highest BCUT2D eigenvalue weighted by Crippen LogP contribution is 2.28. The minimum Gasteiger partial charge on any atom is -0.399 e. The largest absolute Gasteiger partial charge is 0.399 e. The van der Waals surface area contributed by atoms with Crippen LogP contribution in [-0.4, -0.2) is 5.91 Å². The lowest BCUT2D eigenvalue weighted by Gasteiger charge is -2.09. The number of amides is 1. The first-order valence-electron chi connectivity index (χ1n) is 5.85. The van der Waals surface area contributed by atoms with E-state index >= 15 is 0 Å². The monoisotopic (exact) mass is 330 g/mol. The summed E-state index contributed by atoms with van der Waals surface area (Å²) in [5.74, 6) is -1.79. The van der Waals surface area contributed by atoms with Crippen LogP contribution in [0.3, 0.4) is 0 Å². The Hall–Kier alpha value is -1.85. The molecule has 2 aromatic rings. The number of nitrogens with one attached hydrogen (secondary N) is 1. The van der Waals surface area contributed by atoms with E-state index in [0.29, 0.717) is 0 Å². The van der Waals surface area contributed by atoms with Crippen molar-refractivity contribution in [2.75, 3.05) is 5.73 Å². The van der Waals surface area contributed by atoms with Crippen LogP contribution in [0, 0.1) is 11.6 Å². The predicted octanol–water partition coefficient (Wildman–Crippen LogP) is 3.78. The summed E-state index contributed by atoms with van der Waals surface area (Å²) in [4.78, 5) is 12.0. The molecule has 0 unspecified atom stereocenters. The molecular weight excluding hydrogens is 321 g/mol. The van der Waals surface area contributed by atoms with E-state index < -0.39 is 17.5 Å². The van der Waals surface area contributed by atoms with Crippen LogP contribution >= 0.6 is 23.2 Å². The number of carbonyl (C=O) groups is 1. The molecule has 2 aromatic carbocycles. The van der Waals surface area contributed by atoms with Crippen LogP contribution in [0.2, 0.25) is 10.0 Å². The molecule has 0 spiro atoms. The van der Waals surface area contributed by atoms with Gasteiger partial charge >= 0.3 is 0 Å². The van der Waals surface area contributed by atoms with Gasteiger partial charge in [-0.25, -0.2) is 8.78 Å². The van der Waals surface area contributed by atoms with E-state index in [4.69, 9.17) is 28.9 Å². The van der Waals surface area contributed by atoms with E-state index in [1.165, 1.54) is 12.1 Å². The van der Waals surface area contributed by atoms with E-state index in [9.17, 15) is 13.6 Å². The van der Waals surface area contributed by atoms with Crippen molar-refractivity contribution >= 4 is 34.8 Å². The predicted molar refractivity (Wildman–Crippen MR) is 78.4 cm³/mol. The maximum atomic E-state index is 13.4. The average molecular weight is 331 g/mol. The topological polar surface area (TPSA) is 55.1 Å². The zero-order valence-corrected chi connectivity index (χ0v) is 12.1. The second-order valence-electron chi connectivity index (χ2n) is 4.28. The fourth-order valence-corrected chi connectivity index (χ4v) is 2.15. The SMILES string of the molecule is Nc1cc(Cl)c(Cl)c(C(=O)NCc2cc(F)ccc2F)c1. The zero-order valence-electron chi connectivity index (χ0n) is 10.6. The molecule has 110 valence electrons. The maximum absolute atomic E-state index is 13.4. The standard InChI is InChI=1S/C14H10Cl2F2N2O/c15-11-5-9(19)4-10(13(11)16)14(21)20-6-7-3-8(17)1-2-12(7)18/h1-5H,6,19H2,(H,20,21). The lowest BCUT2D eigenvalue weighted by Crippen LogP contribution is -2.24. The van der Waals surface area contributed by atoms with Gasteiger partial charge in [-0.1, -0.05) is 23.2 Å². The highest BCUT2D eigenvalue weighted by Gasteiger charge is 2.15. The van der Waals surface area contributed by atoms with Crippen LogP contribution in [0.1, 0.15) is 15.9 Å². The number of halogens is 4. The Balaban J connectivity index is 2.17. The van der Waals surface area contributed by atoms with Crippen molar-refractivity contribution in [3.8, 4) is 0 Å². The van der Waals surface area contributed by atoms with Gasteiger partial charge in [0.05, 0.1) is 15.6 Å². The van der Waals surface area contributed by atoms with Gasteiger partial charge < -0.3 is 11.1 Å². The molecule has 0 bridgehead atoms. The van der Waals surface area contributed by atoms with E-state index in [1.807, 2.05) is 0 Å². The molecule has 3 nitrogen and oxygen atoms in total. The minimum atomic E-state index is -0.617. The van der Waals surface area contributed by atoms with Crippen LogP contribution in [0.5, 0.6) is 0 Å². The van der Waals surface area contributed by atoms with Crippen LogP contribution in [0.25, 0.3) is 0 Å². The maximum Gasteiger partial charge on any atom is 0.253 e. The lowest BCUT2D eigenvalue weighted by atomic mass is 10.1. The van der Waals surface area contributed by atoms with Crippen LogP contribution < -0.4 is 11.1 Å². The van der Waals surface area contributed by atoms with Crippen molar-refractivity contribution in [1.82, 2.24) is 5.32 Å². The zero-order chi connectivity index (χ0) is 15.6. The number of carbonyl (C=O) groups excluding carboxylic acids is 1. The average Bonchev–Trinajstić information content (AvgIpc) is 2.43. The summed E-state index contributed by atoms with van der Waals surface area (Å²) in [6, 6.07) is 5.75. The van der Waals surface area contributed by atoms with Gasteiger partial charge in [0, 0.05) is 17.8 Å². The Morgan fingerprint density at radius 3 is 2.62 bits per heavy atom. The van der Waals surface area contributed by atoms with E-state index in [1.54, 1.807) is 0 Å². The molecule has 21 heavy (non-hydrogen) atoms. The molecule has 0 aliphatic carbocycles. The number of hydrogen-bond donors (Lipinski definition) is 2. The van der Waals surface area contributed by atoms with Gasteiger partial charge in [0.25, 0.3) is 5.91 Å². The van der Waals surface area contributed by atoms with Gasteiger partial charge in [-0.05, 0) is 30.3 Å². The molecule has 0 saturated carbocycles. The Morgan fingerprint density at radius 1 is 1.19 bits per heavy atom. The third-order valence-corrected chi connectivity index (χ3v) is 3.54. The second kappa shape index (κ2) is 6.28. The van der Waals surface area contributed by atoms with Crippen molar-refractivity contribution in [1.29, 1.82) is 0 Å². The molecule has 7 heteroatoms. The van der Waals surface area contributed by atoms with Gasteiger partial charge in [0.1, 0.15) is 11.6 Å². The van der Waals surface area contributed by atoms with Crippen molar-refractivity contribution in [2.24, 2.45) is 0 Å². The Kier molecular flexibility index (Phi) is 4.65. The summed E-state index contributed by atoms with van der Waals surface area (Å²) in [7, 11) is 0. The van der Waals surface area contributed by atoms with Crippen LogP contribution in [-0.2, 0) is 6.54 Å². The molecule has 0 aliphatic heterocycles. The molecule has 2 rings (SSSR count). The fourth-order valence-electron chi connectivity index (χ4n) is 1.72. The fraction of sp³-hybridized carbons (Fsp3) is 0.0714. The molecule has 0 aliphatic rings. The quantitative estimate of drug-likeness (QED) is 0.841. The first-order valence-corrected chi connectivity index (χ1v) is 6.60. The third-order valence-electron chi connectivity index (χ3n) is 2.74. The van der Waals surface area contributed by atoms with Gasteiger partial charge in [-0.2, -0.15) is 0 Å². The van der Waals surface area contributed by atoms with Crippen molar-refractivity contribution in [3.05, 3.63) is 63.1 Å². The smallest absolute Gasteiger partial charge is 0.253 e. The van der Waals surface area contributed by atoms with Crippen molar-refractivity contribution in [2.45, 2.75) is 6.54 Å². The molecule has 0 atom stereocenters. The number of hydrogen-bond acceptors (Lipinski definition) is 2. The number of nitrogens with two attached hydrogens (primary N) is 1. The van der Waals surface area contributed by atoms with E-state index in [-0.39, 0.29) is 33.4 Å². The molecule has 0 fully saturated rings. The number of anilines is 1. The van der Waals surface area contributed by atoms with Gasteiger partial charge in [0.15, 0.2) is 0 Å². The van der Waals surface area contributed by atoms with E-state index in [2.05, 4.69) is 5.32 Å². The Morgan fingerprint density at radius 2 is 1.90 bits per heavy atom. The molecule has 0 saturated heterocycles. The summed E-state index contributed by atoms with van der Waals surface area (Å²) in [6.07, 6.45) is 0. The molecule has 0 heterocycles. The molecule has 1 amide bonds. The number of benzene rings is 2. The summed E-state index contributed by atoms with van der Waals surface area (Å²) in [5.41, 5.74) is 5.95. The molecule has 3 N–H and O–H groups in total. The highest BCUT2D eigenvalue weighted by molar-refractivity contribution is 6.44. The van der Waals surface area contributed by atoms with Gasteiger partial charge in [-0.15, -0.1) is 0 Å². The van der Waals surface area contributed by atoms with Crippen LogP contribution in [0.15, 0.2) is 30.3 Å². The molecular formula is C14H10Cl2F2N2O. The van der Waals surface area contributed by atoms with Crippen LogP contribution in [0.4, 0.5) is 14.5 Å². The second-order valence-corrected chi connectivity index (χ2v) is 5.07. The summed E-state index contributed by atoms with van der Waals surface area (Å²) in [5, 5.41) is 2.62. The normalized spacial score (nSPS) is 10.5. The molecule has 0 radical (unpaired) electrons. The third kappa shape index (κ3) is 3.62. The Bertz CT molecular complexity index is 708. The summed E-state index contributed by atoms with van der Waals surface area (Å²) >= 11 is 11.7. The number of rotatable bonds is 3. The van der Waals surface area contributed by atoms with Gasteiger partial charge in [0.2, 0.25) is 0 Å². The van der Waals surface area contributed by atoms with Crippen molar-refractivity contribution in [3.63, 3.8) is 0 Å². The number of nitrogen functional groups attached to an aromatic ring is 1. The minimum absolute atomic E-state index is 0.0227.